The Morgan fingerprint density at radius 2 is 1.63 bits per heavy atom. The second-order valence-electron chi connectivity index (χ2n) is 6.13. The lowest BCUT2D eigenvalue weighted by molar-refractivity contribution is -0.146. The first kappa shape index (κ1) is 17.4. The second-order valence-corrected chi connectivity index (χ2v) is 6.13. The number of fused-ring (bicyclic) bond motifs is 1. The standard InChI is InChI=1S/C17H17F3N6O/c1-27-13-5-3-2-4-12(13)24-8-10-25(11-9-24)15-7-6-14-21-22-16(17(18,19)20)26(14)23-15/h2-7H,8-11H2,1H3. The molecule has 10 heteroatoms. The minimum Gasteiger partial charge on any atom is -0.495 e. The normalized spacial score (nSPS) is 15.4. The van der Waals surface area contributed by atoms with E-state index in [4.69, 9.17) is 4.74 Å². The van der Waals surface area contributed by atoms with E-state index in [1.807, 2.05) is 29.2 Å². The third-order valence-corrected chi connectivity index (χ3v) is 4.53. The number of ether oxygens (including phenoxy) is 1. The molecule has 0 N–H and O–H groups in total. The van der Waals surface area contributed by atoms with Crippen LogP contribution in [0.4, 0.5) is 24.7 Å². The van der Waals surface area contributed by atoms with Crippen LogP contribution in [0.25, 0.3) is 5.65 Å². The topological polar surface area (TPSA) is 58.8 Å². The van der Waals surface area contributed by atoms with Gasteiger partial charge < -0.3 is 14.5 Å². The van der Waals surface area contributed by atoms with Crippen LogP contribution in [0.3, 0.4) is 0 Å². The zero-order valence-electron chi connectivity index (χ0n) is 14.5. The van der Waals surface area contributed by atoms with Crippen LogP contribution >= 0.6 is 0 Å². The monoisotopic (exact) mass is 378 g/mol. The van der Waals surface area contributed by atoms with Gasteiger partial charge in [0.15, 0.2) is 5.65 Å². The van der Waals surface area contributed by atoms with Crippen molar-refractivity contribution in [2.24, 2.45) is 0 Å². The van der Waals surface area contributed by atoms with Gasteiger partial charge in [-0.25, -0.2) is 0 Å². The molecule has 0 amide bonds. The smallest absolute Gasteiger partial charge is 0.453 e. The molecule has 1 saturated heterocycles. The second kappa shape index (κ2) is 6.60. The summed E-state index contributed by atoms with van der Waals surface area (Å²) in [6.07, 6.45) is -4.60. The highest BCUT2D eigenvalue weighted by atomic mass is 19.4. The van der Waals surface area contributed by atoms with E-state index in [1.165, 1.54) is 6.07 Å². The first-order valence-corrected chi connectivity index (χ1v) is 8.40. The molecule has 142 valence electrons. The number of anilines is 2. The van der Waals surface area contributed by atoms with Gasteiger partial charge in [-0.3, -0.25) is 0 Å². The number of aromatic nitrogens is 4. The van der Waals surface area contributed by atoms with Gasteiger partial charge in [-0.15, -0.1) is 15.3 Å². The first-order chi connectivity index (χ1) is 13.0. The van der Waals surface area contributed by atoms with Crippen molar-refractivity contribution in [1.82, 2.24) is 19.8 Å². The minimum atomic E-state index is -4.60. The summed E-state index contributed by atoms with van der Waals surface area (Å²) in [7, 11) is 1.63. The Morgan fingerprint density at radius 1 is 0.926 bits per heavy atom. The number of hydrogen-bond donors (Lipinski definition) is 0. The van der Waals surface area contributed by atoms with Crippen molar-refractivity contribution in [3.8, 4) is 5.75 Å². The molecule has 3 heterocycles. The predicted molar refractivity (Wildman–Crippen MR) is 93.2 cm³/mol. The number of piperazine rings is 1. The average Bonchev–Trinajstić information content (AvgIpc) is 3.12. The maximum absolute atomic E-state index is 13.0. The predicted octanol–water partition coefficient (Wildman–Crippen LogP) is 2.48. The molecule has 0 aliphatic carbocycles. The molecule has 1 aliphatic heterocycles. The lowest BCUT2D eigenvalue weighted by Crippen LogP contribution is -2.47. The van der Waals surface area contributed by atoms with E-state index in [9.17, 15) is 13.2 Å². The molecule has 3 aromatic rings. The molecule has 1 fully saturated rings. The lowest BCUT2D eigenvalue weighted by atomic mass is 10.2. The number of hydrogen-bond acceptors (Lipinski definition) is 6. The van der Waals surface area contributed by atoms with E-state index >= 15 is 0 Å². The molecule has 1 aliphatic rings. The molecule has 0 spiro atoms. The molecular weight excluding hydrogens is 361 g/mol. The van der Waals surface area contributed by atoms with E-state index < -0.39 is 12.0 Å². The summed E-state index contributed by atoms with van der Waals surface area (Å²) in [5, 5.41) is 10.9. The number of halogens is 3. The maximum atomic E-state index is 13.0. The van der Waals surface area contributed by atoms with Crippen LogP contribution in [0, 0.1) is 0 Å². The molecule has 4 rings (SSSR count). The van der Waals surface area contributed by atoms with Gasteiger partial charge in [0.2, 0.25) is 0 Å². The highest BCUT2D eigenvalue weighted by molar-refractivity contribution is 5.59. The van der Waals surface area contributed by atoms with Gasteiger partial charge in [0.25, 0.3) is 5.82 Å². The van der Waals surface area contributed by atoms with Gasteiger partial charge in [-0.2, -0.15) is 17.7 Å². The molecule has 0 atom stereocenters. The fourth-order valence-corrected chi connectivity index (χ4v) is 3.19. The molecule has 1 aromatic carbocycles. The fraction of sp³-hybridized carbons (Fsp3) is 0.353. The molecular formula is C17H17F3N6O. The zero-order chi connectivity index (χ0) is 19.0. The summed E-state index contributed by atoms with van der Waals surface area (Å²) in [6, 6.07) is 10.9. The van der Waals surface area contributed by atoms with Crippen LogP contribution < -0.4 is 14.5 Å². The Hall–Kier alpha value is -3.04. The quantitative estimate of drug-likeness (QED) is 0.698. The van der Waals surface area contributed by atoms with Gasteiger partial charge in [0.1, 0.15) is 11.6 Å². The summed E-state index contributed by atoms with van der Waals surface area (Å²) in [6.45, 7) is 2.66. The minimum absolute atomic E-state index is 0.0683. The summed E-state index contributed by atoms with van der Waals surface area (Å²) in [5.41, 5.74) is 1.07. The number of benzene rings is 1. The average molecular weight is 378 g/mol. The van der Waals surface area contributed by atoms with Gasteiger partial charge in [0.05, 0.1) is 12.8 Å². The van der Waals surface area contributed by atoms with Gasteiger partial charge in [-0.05, 0) is 24.3 Å². The van der Waals surface area contributed by atoms with Gasteiger partial charge in [-0.1, -0.05) is 12.1 Å². The Balaban J connectivity index is 1.54. The van der Waals surface area contributed by atoms with E-state index in [-0.39, 0.29) is 5.65 Å². The molecule has 0 unspecified atom stereocenters. The molecule has 7 nitrogen and oxygen atoms in total. The Labute approximate surface area is 153 Å². The van der Waals surface area contributed by atoms with Crippen molar-refractivity contribution >= 4 is 17.2 Å². The summed E-state index contributed by atoms with van der Waals surface area (Å²) in [5.74, 6) is 0.143. The number of nitrogens with zero attached hydrogens (tertiary/aromatic N) is 6. The number of methoxy groups -OCH3 is 1. The van der Waals surface area contributed by atoms with E-state index in [0.717, 1.165) is 16.0 Å². The van der Waals surface area contributed by atoms with Crippen LogP contribution in [-0.2, 0) is 6.18 Å². The number of alkyl halides is 3. The number of para-hydroxylation sites is 2. The Bertz CT molecular complexity index is 949. The summed E-state index contributed by atoms with van der Waals surface area (Å²) >= 11 is 0. The SMILES string of the molecule is COc1ccccc1N1CCN(c2ccc3nnc(C(F)(F)F)n3n2)CC1. The third-order valence-electron chi connectivity index (χ3n) is 4.53. The molecule has 0 radical (unpaired) electrons. The Morgan fingerprint density at radius 3 is 2.33 bits per heavy atom. The number of rotatable bonds is 3. The van der Waals surface area contributed by atoms with E-state index in [0.29, 0.717) is 32.0 Å². The van der Waals surface area contributed by atoms with Gasteiger partial charge >= 0.3 is 6.18 Å². The van der Waals surface area contributed by atoms with Gasteiger partial charge in [0, 0.05) is 26.2 Å². The zero-order valence-corrected chi connectivity index (χ0v) is 14.5. The van der Waals surface area contributed by atoms with Crippen molar-refractivity contribution in [3.05, 3.63) is 42.2 Å². The van der Waals surface area contributed by atoms with Crippen LogP contribution in [0.5, 0.6) is 5.75 Å². The fourth-order valence-electron chi connectivity index (χ4n) is 3.19. The summed E-state index contributed by atoms with van der Waals surface area (Å²) < 4.78 is 45.3. The third kappa shape index (κ3) is 3.22. The molecule has 0 bridgehead atoms. The van der Waals surface area contributed by atoms with Crippen LogP contribution in [0.2, 0.25) is 0 Å². The molecule has 2 aromatic heterocycles. The van der Waals surface area contributed by atoms with Crippen molar-refractivity contribution in [2.75, 3.05) is 43.1 Å². The van der Waals surface area contributed by atoms with Crippen molar-refractivity contribution in [2.45, 2.75) is 6.18 Å². The highest BCUT2D eigenvalue weighted by Crippen LogP contribution is 2.30. The van der Waals surface area contributed by atoms with Crippen molar-refractivity contribution < 1.29 is 17.9 Å². The molecule has 27 heavy (non-hydrogen) atoms. The van der Waals surface area contributed by atoms with Crippen LogP contribution in [-0.4, -0.2) is 53.1 Å². The summed E-state index contributed by atoms with van der Waals surface area (Å²) in [4.78, 5) is 4.14. The van der Waals surface area contributed by atoms with E-state index in [2.05, 4.69) is 20.2 Å². The largest absolute Gasteiger partial charge is 0.495 e. The first-order valence-electron chi connectivity index (χ1n) is 8.40. The van der Waals surface area contributed by atoms with Crippen LogP contribution in [0.15, 0.2) is 36.4 Å². The van der Waals surface area contributed by atoms with Crippen molar-refractivity contribution in [1.29, 1.82) is 0 Å². The Kier molecular flexibility index (Phi) is 4.25. The van der Waals surface area contributed by atoms with Crippen LogP contribution in [0.1, 0.15) is 5.82 Å². The maximum Gasteiger partial charge on any atom is 0.453 e. The van der Waals surface area contributed by atoms with E-state index in [1.54, 1.807) is 13.2 Å². The molecule has 0 saturated carbocycles. The lowest BCUT2D eigenvalue weighted by Gasteiger charge is -2.37. The van der Waals surface area contributed by atoms with Crippen molar-refractivity contribution in [3.63, 3.8) is 0 Å². The highest BCUT2D eigenvalue weighted by Gasteiger charge is 2.37.